The summed E-state index contributed by atoms with van der Waals surface area (Å²) in [6, 6.07) is 19.5. The highest BCUT2D eigenvalue weighted by Crippen LogP contribution is 2.34. The second kappa shape index (κ2) is 10.3. The number of imidazole rings is 1. The van der Waals surface area contributed by atoms with E-state index < -0.39 is 0 Å². The normalized spacial score (nSPS) is 13.9. The van der Waals surface area contributed by atoms with Crippen LogP contribution in [0.5, 0.6) is 5.75 Å². The molecule has 7 nitrogen and oxygen atoms in total. The Balaban J connectivity index is 1.22. The molecule has 0 spiro atoms. The smallest absolute Gasteiger partial charge is 0.253 e. The second-order valence-corrected chi connectivity index (χ2v) is 10.3. The van der Waals surface area contributed by atoms with Gasteiger partial charge < -0.3 is 19.6 Å². The minimum absolute atomic E-state index is 0.162. The molecule has 0 bridgehead atoms. The van der Waals surface area contributed by atoms with E-state index in [1.807, 2.05) is 68.0 Å². The number of rotatable bonds is 9. The summed E-state index contributed by atoms with van der Waals surface area (Å²) >= 11 is 6.49. The molecular weight excluding hydrogens is 498 g/mol. The summed E-state index contributed by atoms with van der Waals surface area (Å²) in [7, 11) is 0. The van der Waals surface area contributed by atoms with Gasteiger partial charge in [-0.05, 0) is 55.5 Å². The maximum Gasteiger partial charge on any atom is 0.253 e. The average molecular weight is 526 g/mol. The molecule has 1 aliphatic rings. The van der Waals surface area contributed by atoms with Gasteiger partial charge in [-0.15, -0.1) is 0 Å². The van der Waals surface area contributed by atoms with Crippen molar-refractivity contribution in [1.29, 1.82) is 0 Å². The van der Waals surface area contributed by atoms with Crippen LogP contribution in [0.15, 0.2) is 84.2 Å². The Morgan fingerprint density at radius 3 is 2.82 bits per heavy atom. The lowest BCUT2D eigenvalue weighted by Gasteiger charge is -2.16. The van der Waals surface area contributed by atoms with Gasteiger partial charge in [0, 0.05) is 35.3 Å². The highest BCUT2D eigenvalue weighted by molar-refractivity contribution is 6.32. The first kappa shape index (κ1) is 24.2. The lowest BCUT2D eigenvalue weighted by molar-refractivity contribution is 0.300. The Morgan fingerprint density at radius 2 is 2.00 bits per heavy atom. The molecule has 1 fully saturated rings. The van der Waals surface area contributed by atoms with E-state index in [1.165, 1.54) is 18.4 Å². The number of nitrogens with one attached hydrogen (secondary N) is 2. The third-order valence-electron chi connectivity index (χ3n) is 6.89. The molecule has 8 heteroatoms. The fourth-order valence-corrected chi connectivity index (χ4v) is 4.81. The van der Waals surface area contributed by atoms with E-state index in [0.29, 0.717) is 40.2 Å². The van der Waals surface area contributed by atoms with Crippen molar-refractivity contribution in [3.05, 3.63) is 106 Å². The molecule has 3 heterocycles. The lowest BCUT2D eigenvalue weighted by atomic mass is 10.1. The van der Waals surface area contributed by atoms with Crippen LogP contribution in [0.2, 0.25) is 5.02 Å². The van der Waals surface area contributed by atoms with Crippen LogP contribution in [0.1, 0.15) is 36.9 Å². The summed E-state index contributed by atoms with van der Waals surface area (Å²) in [5.74, 6) is 1.89. The van der Waals surface area contributed by atoms with Crippen LogP contribution >= 0.6 is 11.6 Å². The molecule has 6 rings (SSSR count). The van der Waals surface area contributed by atoms with E-state index in [0.717, 1.165) is 23.2 Å². The van der Waals surface area contributed by atoms with E-state index in [9.17, 15) is 4.79 Å². The molecule has 2 N–H and O–H groups in total. The van der Waals surface area contributed by atoms with Gasteiger partial charge in [0.2, 0.25) is 0 Å². The number of fused-ring (bicyclic) bond motifs is 1. The molecule has 5 aromatic rings. The number of benzene rings is 2. The molecule has 192 valence electrons. The molecule has 1 aliphatic carbocycles. The summed E-state index contributed by atoms with van der Waals surface area (Å²) in [4.78, 5) is 24.9. The quantitative estimate of drug-likeness (QED) is 0.231. The van der Waals surface area contributed by atoms with Crippen LogP contribution in [-0.2, 0) is 6.54 Å². The van der Waals surface area contributed by atoms with E-state index >= 15 is 0 Å². The summed E-state index contributed by atoms with van der Waals surface area (Å²) < 4.78 is 7.98. The van der Waals surface area contributed by atoms with Gasteiger partial charge in [-0.2, -0.15) is 0 Å². The Labute approximate surface area is 225 Å². The van der Waals surface area contributed by atoms with Crippen molar-refractivity contribution >= 4 is 28.3 Å². The fraction of sp³-hybridized carbons (Fsp3) is 0.233. The molecule has 0 aliphatic heterocycles. The summed E-state index contributed by atoms with van der Waals surface area (Å²) in [6.07, 6.45) is 7.85. The number of aromatic nitrogens is 4. The van der Waals surface area contributed by atoms with Gasteiger partial charge in [0.1, 0.15) is 11.6 Å². The first-order chi connectivity index (χ1) is 18.5. The molecule has 0 amide bonds. The second-order valence-electron chi connectivity index (χ2n) is 9.87. The van der Waals surface area contributed by atoms with Crippen LogP contribution in [0.4, 0.5) is 5.82 Å². The number of H-pyrrole nitrogens is 1. The van der Waals surface area contributed by atoms with Crippen molar-refractivity contribution in [1.82, 2.24) is 19.5 Å². The molecule has 1 unspecified atom stereocenters. The molecule has 1 atom stereocenters. The molecular formula is C30H28ClN5O2. The first-order valence-corrected chi connectivity index (χ1v) is 13.2. The SMILES string of the molecule is CC(Nc1cc(-c2cncn2Cc2ccccc2)ccn1)c1cc2cc(Cl)c(OCC3CC3)cc2[nH]c1=O. The minimum Gasteiger partial charge on any atom is -0.492 e. The van der Waals surface area contributed by atoms with Crippen molar-refractivity contribution in [2.24, 2.45) is 5.92 Å². The zero-order valence-corrected chi connectivity index (χ0v) is 21.8. The predicted molar refractivity (Wildman–Crippen MR) is 151 cm³/mol. The third-order valence-corrected chi connectivity index (χ3v) is 7.19. The molecule has 0 radical (unpaired) electrons. The Morgan fingerprint density at radius 1 is 1.16 bits per heavy atom. The number of hydrogen-bond donors (Lipinski definition) is 2. The van der Waals surface area contributed by atoms with Gasteiger partial charge in [0.05, 0.1) is 41.4 Å². The number of halogens is 1. The van der Waals surface area contributed by atoms with Crippen LogP contribution in [0.3, 0.4) is 0 Å². The van der Waals surface area contributed by atoms with Crippen molar-refractivity contribution < 1.29 is 4.74 Å². The zero-order chi connectivity index (χ0) is 26.1. The van der Waals surface area contributed by atoms with Crippen LogP contribution in [0, 0.1) is 5.92 Å². The number of anilines is 1. The molecule has 3 aromatic heterocycles. The topological polar surface area (TPSA) is 84.8 Å². The van der Waals surface area contributed by atoms with Crippen LogP contribution in [-0.4, -0.2) is 26.1 Å². The van der Waals surface area contributed by atoms with Crippen LogP contribution < -0.4 is 15.6 Å². The van der Waals surface area contributed by atoms with Crippen LogP contribution in [0.25, 0.3) is 22.2 Å². The summed E-state index contributed by atoms with van der Waals surface area (Å²) in [5.41, 5.74) is 4.32. The first-order valence-electron chi connectivity index (χ1n) is 12.8. The highest BCUT2D eigenvalue weighted by Gasteiger charge is 2.22. The standard InChI is InChI=1S/C30H28ClN5O2/c1-19(24-11-23-12-25(31)28(38-17-21-7-8-21)14-26(23)35-30(24)37)34-29-13-22(9-10-33-29)27-15-32-18-36(27)16-20-5-3-2-4-6-20/h2-6,9-15,18-19,21H,7-8,16-17H2,1H3,(H,33,34)(H,35,37). The minimum atomic E-state index is -0.287. The van der Waals surface area contributed by atoms with Crippen molar-refractivity contribution in [3.8, 4) is 17.0 Å². The molecule has 38 heavy (non-hydrogen) atoms. The largest absolute Gasteiger partial charge is 0.492 e. The van der Waals surface area contributed by atoms with E-state index in [-0.39, 0.29) is 11.6 Å². The Kier molecular flexibility index (Phi) is 6.60. The number of nitrogens with zero attached hydrogens (tertiary/aromatic N) is 3. The van der Waals surface area contributed by atoms with E-state index in [4.69, 9.17) is 16.3 Å². The fourth-order valence-electron chi connectivity index (χ4n) is 4.58. The lowest BCUT2D eigenvalue weighted by Crippen LogP contribution is -2.19. The van der Waals surface area contributed by atoms with Gasteiger partial charge in [-0.25, -0.2) is 9.97 Å². The van der Waals surface area contributed by atoms with E-state index in [2.05, 4.69) is 37.0 Å². The molecule has 1 saturated carbocycles. The van der Waals surface area contributed by atoms with Crippen molar-refractivity contribution in [2.45, 2.75) is 32.4 Å². The van der Waals surface area contributed by atoms with Gasteiger partial charge in [0.15, 0.2) is 0 Å². The summed E-state index contributed by atoms with van der Waals surface area (Å²) in [5, 5.41) is 4.77. The molecule has 2 aromatic carbocycles. The van der Waals surface area contributed by atoms with Crippen molar-refractivity contribution in [2.75, 3.05) is 11.9 Å². The van der Waals surface area contributed by atoms with E-state index in [1.54, 1.807) is 6.20 Å². The highest BCUT2D eigenvalue weighted by atomic mass is 35.5. The molecule has 0 saturated heterocycles. The maximum atomic E-state index is 13.0. The summed E-state index contributed by atoms with van der Waals surface area (Å²) in [6.45, 7) is 3.33. The predicted octanol–water partition coefficient (Wildman–Crippen LogP) is 6.45. The zero-order valence-electron chi connectivity index (χ0n) is 21.0. The maximum absolute atomic E-state index is 13.0. The third kappa shape index (κ3) is 5.29. The van der Waals surface area contributed by atoms with Gasteiger partial charge in [-0.3, -0.25) is 4.79 Å². The van der Waals surface area contributed by atoms with Crippen molar-refractivity contribution in [3.63, 3.8) is 0 Å². The number of pyridine rings is 2. The monoisotopic (exact) mass is 525 g/mol. The number of aromatic amines is 1. The number of hydrogen-bond acceptors (Lipinski definition) is 5. The number of ether oxygens (including phenoxy) is 1. The Hall–Kier alpha value is -4.10. The van der Waals surface area contributed by atoms with Gasteiger partial charge in [-0.1, -0.05) is 41.9 Å². The van der Waals surface area contributed by atoms with Gasteiger partial charge in [0.25, 0.3) is 5.56 Å². The average Bonchev–Trinajstić information content (AvgIpc) is 3.64. The van der Waals surface area contributed by atoms with Gasteiger partial charge >= 0.3 is 0 Å². The Bertz CT molecular complexity index is 1640.